The van der Waals surface area contributed by atoms with Gasteiger partial charge in [-0.2, -0.15) is 4.68 Å². The largest absolute Gasteiger partial charge is 0.468 e. The number of furan rings is 1. The van der Waals surface area contributed by atoms with Gasteiger partial charge in [-0.25, -0.2) is 4.98 Å². The first-order valence-corrected chi connectivity index (χ1v) is 9.89. The smallest absolute Gasteiger partial charge is 0.265 e. The molecule has 0 N–H and O–H groups in total. The summed E-state index contributed by atoms with van der Waals surface area (Å²) in [6, 6.07) is 3.80. The monoisotopic (exact) mass is 360 g/mol. The molecule has 25 heavy (non-hydrogen) atoms. The summed E-state index contributed by atoms with van der Waals surface area (Å²) >= 11 is 1.52. The molecule has 6 nitrogen and oxygen atoms in total. The Morgan fingerprint density at radius 1 is 1.36 bits per heavy atom. The number of carbonyl (C=O) groups excluding carboxylic acids is 1. The first-order valence-electron chi connectivity index (χ1n) is 9.01. The van der Waals surface area contributed by atoms with Crippen LogP contribution in [0.1, 0.15) is 49.6 Å². The van der Waals surface area contributed by atoms with E-state index in [0.717, 1.165) is 31.1 Å². The summed E-state index contributed by atoms with van der Waals surface area (Å²) < 4.78 is 7.23. The Morgan fingerprint density at radius 3 is 2.72 bits per heavy atom. The molecule has 2 aromatic heterocycles. The topological polar surface area (TPSA) is 64.2 Å². The molecule has 0 aliphatic carbocycles. The first-order chi connectivity index (χ1) is 12.1. The van der Waals surface area contributed by atoms with Crippen molar-refractivity contribution < 1.29 is 9.21 Å². The molecule has 4 rings (SSSR count). The minimum atomic E-state index is -0.260. The van der Waals surface area contributed by atoms with Crippen LogP contribution in [0.25, 0.3) is 0 Å². The van der Waals surface area contributed by atoms with Crippen LogP contribution in [0.15, 0.2) is 28.0 Å². The van der Waals surface area contributed by atoms with Crippen molar-refractivity contribution in [3.8, 4) is 0 Å². The Kier molecular flexibility index (Phi) is 4.45. The predicted molar refractivity (Wildman–Crippen MR) is 95.6 cm³/mol. The third kappa shape index (κ3) is 3.04. The van der Waals surface area contributed by atoms with Gasteiger partial charge in [0.25, 0.3) is 5.91 Å². The van der Waals surface area contributed by atoms with Crippen LogP contribution in [0.3, 0.4) is 0 Å². The van der Waals surface area contributed by atoms with Gasteiger partial charge >= 0.3 is 0 Å². The van der Waals surface area contributed by atoms with Gasteiger partial charge < -0.3 is 4.42 Å². The summed E-state index contributed by atoms with van der Waals surface area (Å²) in [6.07, 6.45) is 3.66. The molecule has 1 fully saturated rings. The second-order valence-electron chi connectivity index (χ2n) is 7.31. The second-order valence-corrected chi connectivity index (χ2v) is 8.42. The van der Waals surface area contributed by atoms with Gasteiger partial charge in [0.15, 0.2) is 11.0 Å². The van der Waals surface area contributed by atoms with Gasteiger partial charge in [-0.05, 0) is 30.4 Å². The van der Waals surface area contributed by atoms with Gasteiger partial charge in [0.05, 0.1) is 12.3 Å². The molecule has 2 aromatic rings. The van der Waals surface area contributed by atoms with E-state index in [9.17, 15) is 4.79 Å². The molecular weight excluding hydrogens is 336 g/mol. The lowest BCUT2D eigenvalue weighted by Gasteiger charge is -2.40. The lowest BCUT2D eigenvalue weighted by Crippen LogP contribution is -2.45. The maximum Gasteiger partial charge on any atom is 0.265 e. The second kappa shape index (κ2) is 6.61. The molecule has 4 unspecified atom stereocenters. The molecule has 0 radical (unpaired) electrons. The molecule has 0 saturated carbocycles. The minimum Gasteiger partial charge on any atom is -0.468 e. The summed E-state index contributed by atoms with van der Waals surface area (Å²) in [6.45, 7) is 8.53. The Balaban J connectivity index is 1.65. The van der Waals surface area contributed by atoms with Gasteiger partial charge in [0.2, 0.25) is 0 Å². The Morgan fingerprint density at radius 2 is 2.12 bits per heavy atom. The van der Waals surface area contributed by atoms with Gasteiger partial charge in [0.1, 0.15) is 11.0 Å². The fourth-order valence-corrected chi connectivity index (χ4v) is 5.36. The lowest BCUT2D eigenvalue weighted by molar-refractivity contribution is 0.0660. The van der Waals surface area contributed by atoms with E-state index in [1.54, 1.807) is 6.26 Å². The number of rotatable bonds is 4. The Labute approximate surface area is 152 Å². The van der Waals surface area contributed by atoms with Gasteiger partial charge in [-0.15, -0.1) is 5.10 Å². The Bertz CT molecular complexity index is 747. The lowest BCUT2D eigenvalue weighted by atomic mass is 9.90. The number of aryl methyl sites for hydroxylation is 1. The summed E-state index contributed by atoms with van der Waals surface area (Å²) in [5, 5.41) is 4.82. The fourth-order valence-electron chi connectivity index (χ4n) is 4.11. The van der Waals surface area contributed by atoms with E-state index in [2.05, 4.69) is 28.8 Å². The zero-order valence-electron chi connectivity index (χ0n) is 14.9. The van der Waals surface area contributed by atoms with Gasteiger partial charge in [0, 0.05) is 19.5 Å². The highest BCUT2D eigenvalue weighted by molar-refractivity contribution is 8.00. The average Bonchev–Trinajstić information content (AvgIpc) is 3.27. The highest BCUT2D eigenvalue weighted by Crippen LogP contribution is 2.42. The summed E-state index contributed by atoms with van der Waals surface area (Å²) in [4.78, 5) is 20.0. The SMILES string of the molecule is CCc1nc2n(n1)C(=O)C(C(c1ccco1)N1CC(C)CC(C)C1)S2. The van der Waals surface area contributed by atoms with E-state index in [1.165, 1.54) is 22.9 Å². The molecule has 4 atom stereocenters. The van der Waals surface area contributed by atoms with Crippen LogP contribution >= 0.6 is 11.8 Å². The quantitative estimate of drug-likeness (QED) is 0.834. The Hall–Kier alpha value is -1.60. The maximum absolute atomic E-state index is 13.0. The van der Waals surface area contributed by atoms with E-state index in [4.69, 9.17) is 4.42 Å². The number of carbonyl (C=O) groups is 1. The van der Waals surface area contributed by atoms with Crippen molar-refractivity contribution >= 4 is 17.7 Å². The summed E-state index contributed by atoms with van der Waals surface area (Å²) in [5.74, 6) is 2.83. The van der Waals surface area contributed by atoms with Crippen LogP contribution in [0.2, 0.25) is 0 Å². The average molecular weight is 360 g/mol. The van der Waals surface area contributed by atoms with E-state index < -0.39 is 0 Å². The van der Waals surface area contributed by atoms with E-state index >= 15 is 0 Å². The number of hydrogen-bond donors (Lipinski definition) is 0. The molecule has 0 amide bonds. The molecule has 0 spiro atoms. The molecule has 4 heterocycles. The molecule has 0 aromatic carbocycles. The molecule has 1 saturated heterocycles. The van der Waals surface area contributed by atoms with Crippen molar-refractivity contribution in [2.24, 2.45) is 11.8 Å². The van der Waals surface area contributed by atoms with Crippen LogP contribution in [0, 0.1) is 11.8 Å². The number of nitrogens with zero attached hydrogens (tertiary/aromatic N) is 4. The minimum absolute atomic E-state index is 0.0134. The van der Waals surface area contributed by atoms with Crippen molar-refractivity contribution in [3.05, 3.63) is 30.0 Å². The molecule has 134 valence electrons. The highest BCUT2D eigenvalue weighted by atomic mass is 32.2. The van der Waals surface area contributed by atoms with Gasteiger partial charge in [-0.1, -0.05) is 32.5 Å². The zero-order chi connectivity index (χ0) is 17.6. The van der Waals surface area contributed by atoms with Gasteiger partial charge in [-0.3, -0.25) is 9.69 Å². The summed E-state index contributed by atoms with van der Waals surface area (Å²) in [5.41, 5.74) is 0. The highest BCUT2D eigenvalue weighted by Gasteiger charge is 2.45. The van der Waals surface area contributed by atoms with Crippen LogP contribution in [0.5, 0.6) is 0 Å². The van der Waals surface area contributed by atoms with Crippen molar-refractivity contribution in [1.29, 1.82) is 0 Å². The van der Waals surface area contributed by atoms with Crippen LogP contribution in [0.4, 0.5) is 0 Å². The zero-order valence-corrected chi connectivity index (χ0v) is 15.7. The third-order valence-electron chi connectivity index (χ3n) is 5.03. The van der Waals surface area contributed by atoms with Crippen LogP contribution in [-0.2, 0) is 6.42 Å². The fraction of sp³-hybridized carbons (Fsp3) is 0.611. The van der Waals surface area contributed by atoms with E-state index in [0.29, 0.717) is 17.0 Å². The third-order valence-corrected chi connectivity index (χ3v) is 6.22. The number of thioether (sulfide) groups is 1. The van der Waals surface area contributed by atoms with Crippen molar-refractivity contribution in [2.75, 3.05) is 13.1 Å². The van der Waals surface area contributed by atoms with E-state index in [1.807, 2.05) is 19.1 Å². The van der Waals surface area contributed by atoms with Crippen molar-refractivity contribution in [2.45, 2.75) is 50.1 Å². The first kappa shape index (κ1) is 16.8. The molecular formula is C18H24N4O2S. The number of likely N-dealkylation sites (tertiary alicyclic amines) is 1. The molecule has 0 bridgehead atoms. The molecule has 2 aliphatic heterocycles. The number of aromatic nitrogens is 3. The number of fused-ring (bicyclic) bond motifs is 1. The van der Waals surface area contributed by atoms with Crippen LogP contribution in [-0.4, -0.2) is 43.9 Å². The molecule has 7 heteroatoms. The standard InChI is InChI=1S/C18H24N4O2S/c1-4-14-19-18-22(20-14)17(23)16(25-18)15(13-6-5-7-24-13)21-9-11(2)8-12(3)10-21/h5-7,11-12,15-16H,4,8-10H2,1-3H3. The van der Waals surface area contributed by atoms with Crippen molar-refractivity contribution in [3.63, 3.8) is 0 Å². The predicted octanol–water partition coefficient (Wildman–Crippen LogP) is 3.27. The number of piperidine rings is 1. The normalized spacial score (nSPS) is 28.3. The number of hydrogen-bond acceptors (Lipinski definition) is 6. The van der Waals surface area contributed by atoms with E-state index in [-0.39, 0.29) is 17.2 Å². The molecule has 2 aliphatic rings. The summed E-state index contributed by atoms with van der Waals surface area (Å²) in [7, 11) is 0. The van der Waals surface area contributed by atoms with Crippen molar-refractivity contribution in [1.82, 2.24) is 19.7 Å². The van der Waals surface area contributed by atoms with Crippen LogP contribution < -0.4 is 0 Å². The maximum atomic E-state index is 13.0.